The van der Waals surface area contributed by atoms with Crippen LogP contribution in [0.5, 0.6) is 0 Å². The smallest absolute Gasteiger partial charge is 0.244 e. The number of aryl methyl sites for hydroxylation is 2. The highest BCUT2D eigenvalue weighted by Gasteiger charge is 2.28. The van der Waals surface area contributed by atoms with Crippen molar-refractivity contribution in [3.8, 4) is 11.1 Å². The molecule has 0 atom stereocenters. The molecule has 0 saturated carbocycles. The van der Waals surface area contributed by atoms with Crippen LogP contribution in [0.25, 0.3) is 21.9 Å². The van der Waals surface area contributed by atoms with Crippen LogP contribution in [0.4, 0.5) is 16.0 Å². The Labute approximate surface area is 214 Å². The molecule has 6 rings (SSSR count). The van der Waals surface area contributed by atoms with Gasteiger partial charge in [-0.25, -0.2) is 19.3 Å². The van der Waals surface area contributed by atoms with E-state index in [2.05, 4.69) is 30.7 Å². The molecular formula is C27H29FN8O. The Bertz CT molecular complexity index is 1470. The number of aromatic nitrogens is 5. The van der Waals surface area contributed by atoms with E-state index in [1.807, 2.05) is 36.9 Å². The summed E-state index contributed by atoms with van der Waals surface area (Å²) < 4.78 is 16.8. The minimum Gasteiger partial charge on any atom is -0.338 e. The summed E-state index contributed by atoms with van der Waals surface area (Å²) in [5, 5.41) is 12.8. The van der Waals surface area contributed by atoms with Gasteiger partial charge in [0.05, 0.1) is 0 Å². The number of nitrogens with one attached hydrogen (secondary N) is 2. The summed E-state index contributed by atoms with van der Waals surface area (Å²) >= 11 is 0. The average Bonchev–Trinajstić information content (AvgIpc) is 3.18. The third-order valence-corrected chi connectivity index (χ3v) is 7.39. The van der Waals surface area contributed by atoms with Crippen molar-refractivity contribution in [1.82, 2.24) is 34.9 Å². The molecule has 1 amide bonds. The summed E-state index contributed by atoms with van der Waals surface area (Å²) in [6, 6.07) is 7.47. The summed E-state index contributed by atoms with van der Waals surface area (Å²) in [5.41, 5.74) is 3.64. The average molecular weight is 501 g/mol. The van der Waals surface area contributed by atoms with Crippen LogP contribution < -0.4 is 10.6 Å². The lowest BCUT2D eigenvalue weighted by molar-refractivity contribution is -0.134. The number of benzene rings is 1. The number of piperidine rings is 1. The zero-order valence-corrected chi connectivity index (χ0v) is 21.0. The molecule has 0 aliphatic carbocycles. The molecule has 2 aliphatic rings. The lowest BCUT2D eigenvalue weighted by Gasteiger charge is -2.33. The lowest BCUT2D eigenvalue weighted by Crippen LogP contribution is -2.47. The maximum atomic E-state index is 15.0. The zero-order valence-electron chi connectivity index (χ0n) is 21.0. The van der Waals surface area contributed by atoms with E-state index >= 15 is 4.39 Å². The molecule has 190 valence electrons. The predicted octanol–water partition coefficient (Wildman–Crippen LogP) is 3.52. The molecule has 0 unspecified atom stereocenters. The fourth-order valence-electron chi connectivity index (χ4n) is 5.48. The first-order valence-corrected chi connectivity index (χ1v) is 12.7. The van der Waals surface area contributed by atoms with Crippen LogP contribution in [-0.4, -0.2) is 61.2 Å². The normalized spacial score (nSPS) is 16.6. The van der Waals surface area contributed by atoms with E-state index in [1.165, 1.54) is 12.4 Å². The summed E-state index contributed by atoms with van der Waals surface area (Å²) in [6.45, 7) is 6.57. The molecule has 37 heavy (non-hydrogen) atoms. The number of anilines is 2. The molecule has 1 aromatic carbocycles. The molecule has 3 aromatic heterocycles. The van der Waals surface area contributed by atoms with Crippen LogP contribution in [-0.2, 0) is 17.8 Å². The molecule has 0 spiro atoms. The number of hydrogen-bond acceptors (Lipinski definition) is 7. The first-order valence-electron chi connectivity index (χ1n) is 12.7. The SMILES string of the molecule is Cc1ncnc(C)c1-c1cc2cc(Nc3cc4n(n3)CC(=O)N(C3CCNCC3)CC4)ncc2cc1F. The number of pyridine rings is 1. The van der Waals surface area contributed by atoms with Crippen LogP contribution in [0.2, 0.25) is 0 Å². The van der Waals surface area contributed by atoms with E-state index in [0.717, 1.165) is 54.8 Å². The minimum absolute atomic E-state index is 0.120. The topological polar surface area (TPSA) is 101 Å². The van der Waals surface area contributed by atoms with E-state index in [1.54, 1.807) is 10.9 Å². The van der Waals surface area contributed by atoms with Crippen molar-refractivity contribution in [2.75, 3.05) is 25.0 Å². The van der Waals surface area contributed by atoms with Gasteiger partial charge >= 0.3 is 0 Å². The van der Waals surface area contributed by atoms with Gasteiger partial charge in [0, 0.05) is 64.9 Å². The van der Waals surface area contributed by atoms with Crippen LogP contribution >= 0.6 is 0 Å². The molecule has 0 bridgehead atoms. The fraction of sp³-hybridized carbons (Fsp3) is 0.370. The van der Waals surface area contributed by atoms with Crippen LogP contribution in [0, 0.1) is 19.7 Å². The number of carbonyl (C=O) groups excluding carboxylic acids is 1. The van der Waals surface area contributed by atoms with E-state index in [9.17, 15) is 4.79 Å². The van der Waals surface area contributed by atoms with Gasteiger partial charge < -0.3 is 15.5 Å². The molecule has 4 aromatic rings. The third-order valence-electron chi connectivity index (χ3n) is 7.39. The first-order chi connectivity index (χ1) is 18.0. The molecule has 1 fully saturated rings. The van der Waals surface area contributed by atoms with Gasteiger partial charge in [0.25, 0.3) is 0 Å². The molecule has 2 N–H and O–H groups in total. The predicted molar refractivity (Wildman–Crippen MR) is 139 cm³/mol. The standard InChI is InChI=1S/C27H29FN8O/c1-16-27(17(2)32-15-31-16)22-9-18-11-24(30-13-19(18)10-23(22)28)33-25-12-21-5-8-35(20-3-6-29-7-4-20)26(37)14-36(21)34-25/h9-13,15,20,29H,3-8,14H2,1-2H3,(H,30,33,34). The second-order valence-electron chi connectivity index (χ2n) is 9.79. The Balaban J connectivity index is 1.24. The second kappa shape index (κ2) is 9.51. The van der Waals surface area contributed by atoms with E-state index in [4.69, 9.17) is 0 Å². The fourth-order valence-corrected chi connectivity index (χ4v) is 5.48. The monoisotopic (exact) mass is 500 g/mol. The van der Waals surface area contributed by atoms with Gasteiger partial charge in [-0.2, -0.15) is 5.10 Å². The van der Waals surface area contributed by atoms with E-state index < -0.39 is 0 Å². The van der Waals surface area contributed by atoms with Gasteiger partial charge in [-0.05, 0) is 63.4 Å². The Hall–Kier alpha value is -3.92. The first kappa shape index (κ1) is 23.5. The van der Waals surface area contributed by atoms with Crippen molar-refractivity contribution < 1.29 is 9.18 Å². The number of rotatable bonds is 4. The number of hydrogen-bond donors (Lipinski definition) is 2. The summed E-state index contributed by atoms with van der Waals surface area (Å²) in [6.07, 6.45) is 5.89. The molecule has 5 heterocycles. The van der Waals surface area contributed by atoms with Gasteiger partial charge in [-0.1, -0.05) is 0 Å². The maximum absolute atomic E-state index is 15.0. The molecule has 10 heteroatoms. The van der Waals surface area contributed by atoms with Crippen LogP contribution in [0.15, 0.2) is 36.8 Å². The number of fused-ring (bicyclic) bond motifs is 2. The third kappa shape index (κ3) is 4.53. The highest BCUT2D eigenvalue weighted by atomic mass is 19.1. The lowest BCUT2D eigenvalue weighted by atomic mass is 9.99. The zero-order chi connectivity index (χ0) is 25.5. The highest BCUT2D eigenvalue weighted by Crippen LogP contribution is 2.32. The second-order valence-corrected chi connectivity index (χ2v) is 9.79. The van der Waals surface area contributed by atoms with Gasteiger partial charge in [-0.15, -0.1) is 0 Å². The number of amides is 1. The Morgan fingerprint density at radius 2 is 1.78 bits per heavy atom. The van der Waals surface area contributed by atoms with Crippen molar-refractivity contribution in [1.29, 1.82) is 0 Å². The van der Waals surface area contributed by atoms with Crippen molar-refractivity contribution in [2.24, 2.45) is 0 Å². The van der Waals surface area contributed by atoms with Gasteiger partial charge in [0.1, 0.15) is 24.5 Å². The number of nitrogens with zero attached hydrogens (tertiary/aromatic N) is 6. The van der Waals surface area contributed by atoms with Gasteiger partial charge in [0.2, 0.25) is 5.91 Å². The Morgan fingerprint density at radius 1 is 1.00 bits per heavy atom. The maximum Gasteiger partial charge on any atom is 0.244 e. The van der Waals surface area contributed by atoms with Crippen molar-refractivity contribution in [3.05, 3.63) is 59.7 Å². The van der Waals surface area contributed by atoms with E-state index in [0.29, 0.717) is 40.7 Å². The largest absolute Gasteiger partial charge is 0.338 e. The molecular weight excluding hydrogens is 471 g/mol. The quantitative estimate of drug-likeness (QED) is 0.442. The van der Waals surface area contributed by atoms with Crippen molar-refractivity contribution in [2.45, 2.75) is 45.7 Å². The molecule has 0 radical (unpaired) electrons. The summed E-state index contributed by atoms with van der Waals surface area (Å²) in [5.74, 6) is 1.01. The van der Waals surface area contributed by atoms with E-state index in [-0.39, 0.29) is 18.3 Å². The van der Waals surface area contributed by atoms with Crippen LogP contribution in [0.1, 0.15) is 29.9 Å². The number of halogens is 1. The summed E-state index contributed by atoms with van der Waals surface area (Å²) in [4.78, 5) is 28.0. The molecule has 9 nitrogen and oxygen atoms in total. The van der Waals surface area contributed by atoms with Crippen molar-refractivity contribution >= 4 is 28.3 Å². The highest BCUT2D eigenvalue weighted by molar-refractivity contribution is 5.89. The Kier molecular flexibility index (Phi) is 6.03. The molecule has 1 saturated heterocycles. The minimum atomic E-state index is -0.336. The van der Waals surface area contributed by atoms with Crippen LogP contribution in [0.3, 0.4) is 0 Å². The molecule has 2 aliphatic heterocycles. The Morgan fingerprint density at radius 3 is 2.57 bits per heavy atom. The van der Waals surface area contributed by atoms with Gasteiger partial charge in [-0.3, -0.25) is 9.48 Å². The van der Waals surface area contributed by atoms with Crippen molar-refractivity contribution in [3.63, 3.8) is 0 Å². The van der Waals surface area contributed by atoms with Gasteiger partial charge in [0.15, 0.2) is 5.82 Å². The summed E-state index contributed by atoms with van der Waals surface area (Å²) in [7, 11) is 0. The number of carbonyl (C=O) groups is 1.